The predicted octanol–water partition coefficient (Wildman–Crippen LogP) is 9.44. The third kappa shape index (κ3) is 18.0. The minimum atomic E-state index is 0. The predicted molar refractivity (Wildman–Crippen MR) is 137 cm³/mol. The molecule has 29 heavy (non-hydrogen) atoms. The van der Waals surface area contributed by atoms with Crippen molar-refractivity contribution in [2.75, 3.05) is 5.88 Å². The first-order chi connectivity index (χ1) is 13.3. The highest BCUT2D eigenvalue weighted by molar-refractivity contribution is 6.17. The Morgan fingerprint density at radius 3 is 0.966 bits per heavy atom. The smallest absolute Gasteiger partial charge is 0.0474 e. The maximum absolute atomic E-state index is 5.53. The van der Waals surface area contributed by atoms with Crippen molar-refractivity contribution in [2.24, 2.45) is 0 Å². The molecule has 0 spiro atoms. The molecule has 0 nitrogen and oxygen atoms in total. The van der Waals surface area contributed by atoms with Crippen molar-refractivity contribution >= 4 is 23.2 Å². The highest BCUT2D eigenvalue weighted by Gasteiger charge is 1.93. The van der Waals surface area contributed by atoms with E-state index in [4.69, 9.17) is 23.2 Å². The van der Waals surface area contributed by atoms with E-state index in [1.807, 2.05) is 51.1 Å². The second-order valence-electron chi connectivity index (χ2n) is 5.36. The van der Waals surface area contributed by atoms with Gasteiger partial charge in [0.05, 0.1) is 0 Å². The zero-order valence-corrected chi connectivity index (χ0v) is 18.3. The van der Waals surface area contributed by atoms with Crippen LogP contribution in [0, 0.1) is 0 Å². The summed E-state index contributed by atoms with van der Waals surface area (Å²) >= 11 is 10.5. The Morgan fingerprint density at radius 2 is 0.759 bits per heavy atom. The molecule has 0 aliphatic carbocycles. The molecule has 3 aromatic rings. The van der Waals surface area contributed by atoms with Gasteiger partial charge in [0.1, 0.15) is 0 Å². The molecule has 0 amide bonds. The third-order valence-electron chi connectivity index (χ3n) is 3.39. The second-order valence-corrected chi connectivity index (χ2v) is 6.16. The van der Waals surface area contributed by atoms with Crippen LogP contribution in [-0.2, 0) is 18.7 Å². The first-order valence-electron chi connectivity index (χ1n) is 9.53. The summed E-state index contributed by atoms with van der Waals surface area (Å²) < 4.78 is 0. The highest BCUT2D eigenvalue weighted by Crippen LogP contribution is 2.06. The van der Waals surface area contributed by atoms with Gasteiger partial charge >= 0.3 is 0 Å². The van der Waals surface area contributed by atoms with Gasteiger partial charge in [0, 0.05) is 11.8 Å². The van der Waals surface area contributed by atoms with E-state index in [1.54, 1.807) is 0 Å². The maximum Gasteiger partial charge on any atom is 0.0474 e. The van der Waals surface area contributed by atoms with E-state index >= 15 is 0 Å². The summed E-state index contributed by atoms with van der Waals surface area (Å²) in [7, 11) is 0. The largest absolute Gasteiger partial charge is 0.127 e. The molecule has 0 saturated carbocycles. The van der Waals surface area contributed by atoms with E-state index in [1.165, 1.54) is 16.7 Å². The number of aryl methyl sites for hydroxylation is 2. The molecule has 3 rings (SSSR count). The first-order valence-corrected chi connectivity index (χ1v) is 10.6. The minimum absolute atomic E-state index is 0. The number of alkyl halides is 2. The molecule has 0 N–H and O–H groups in total. The molecule has 0 bridgehead atoms. The first kappa shape index (κ1) is 31.9. The Kier molecular flexibility index (Phi) is 26.7. The topological polar surface area (TPSA) is 0 Å². The van der Waals surface area contributed by atoms with Crippen LogP contribution >= 0.6 is 23.2 Å². The van der Waals surface area contributed by atoms with Crippen molar-refractivity contribution in [1.82, 2.24) is 0 Å². The molecule has 2 heteroatoms. The molecular weight excluding hydrogens is 395 g/mol. The molecule has 3 aromatic carbocycles. The van der Waals surface area contributed by atoms with E-state index < -0.39 is 0 Å². The summed E-state index contributed by atoms with van der Waals surface area (Å²) in [6.07, 6.45) is 2.26. The molecule has 0 aliphatic heterocycles. The molecule has 0 atom stereocenters. The fourth-order valence-electron chi connectivity index (χ4n) is 2.15. The van der Waals surface area contributed by atoms with Gasteiger partial charge < -0.3 is 0 Å². The van der Waals surface area contributed by atoms with Crippen LogP contribution in [0.3, 0.4) is 0 Å². The van der Waals surface area contributed by atoms with Crippen LogP contribution in [0.1, 0.15) is 52.3 Å². The summed E-state index contributed by atoms with van der Waals surface area (Å²) in [5, 5.41) is 0. The second kappa shape index (κ2) is 24.3. The molecule has 162 valence electrons. The quantitative estimate of drug-likeness (QED) is 0.358. The van der Waals surface area contributed by atoms with Gasteiger partial charge in [0.15, 0.2) is 0 Å². The fourth-order valence-corrected chi connectivity index (χ4v) is 2.32. The van der Waals surface area contributed by atoms with Gasteiger partial charge in [-0.25, -0.2) is 0 Å². The highest BCUT2D eigenvalue weighted by atomic mass is 35.5. The average molecular weight is 436 g/mol. The Hall–Kier alpha value is -1.76. The SMILES string of the molecule is C.C.CC.CCCl.ClCc1ccccc1.c1ccc(CCc2ccccc2)cc1. The molecule has 0 saturated heterocycles. The molecule has 0 heterocycles. The lowest BCUT2D eigenvalue weighted by Crippen LogP contribution is -1.89. The zero-order chi connectivity index (χ0) is 20.2. The third-order valence-corrected chi connectivity index (χ3v) is 3.69. The van der Waals surface area contributed by atoms with E-state index in [-0.39, 0.29) is 14.9 Å². The van der Waals surface area contributed by atoms with Gasteiger partial charge in [0.2, 0.25) is 0 Å². The van der Waals surface area contributed by atoms with Crippen LogP contribution in [0.4, 0.5) is 0 Å². The van der Waals surface area contributed by atoms with E-state index in [0.29, 0.717) is 5.88 Å². The Labute approximate surface area is 190 Å². The van der Waals surface area contributed by atoms with Gasteiger partial charge in [-0.2, -0.15) is 0 Å². The number of hydrogen-bond donors (Lipinski definition) is 0. The van der Waals surface area contributed by atoms with Crippen LogP contribution in [0.5, 0.6) is 0 Å². The molecule has 0 unspecified atom stereocenters. The molecular formula is C27H40Cl2. The van der Waals surface area contributed by atoms with Crippen molar-refractivity contribution in [3.63, 3.8) is 0 Å². The van der Waals surface area contributed by atoms with Crippen molar-refractivity contribution in [3.8, 4) is 0 Å². The summed E-state index contributed by atoms with van der Waals surface area (Å²) in [6.45, 7) is 5.89. The van der Waals surface area contributed by atoms with Gasteiger partial charge in [-0.1, -0.05) is 127 Å². The Balaban J connectivity index is -0.000000389. The van der Waals surface area contributed by atoms with Crippen LogP contribution in [0.15, 0.2) is 91.0 Å². The lowest BCUT2D eigenvalue weighted by molar-refractivity contribution is 0.960. The standard InChI is InChI=1S/C14H14.C7H7Cl.C2H5Cl.C2H6.2CH4/c1-3-7-13(8-4-1)11-12-14-9-5-2-6-10-14;8-6-7-4-2-1-3-5-7;1-2-3;1-2;;/h1-10H,11-12H2;1-5H,6H2;2H2,1H3;1-2H3;2*1H4. The number of halogens is 2. The summed E-state index contributed by atoms with van der Waals surface area (Å²) in [5.41, 5.74) is 4.00. The molecule has 0 radical (unpaired) electrons. The summed E-state index contributed by atoms with van der Waals surface area (Å²) in [4.78, 5) is 0. The molecule has 0 aliphatic rings. The van der Waals surface area contributed by atoms with Crippen molar-refractivity contribution < 1.29 is 0 Å². The minimum Gasteiger partial charge on any atom is -0.127 e. The van der Waals surface area contributed by atoms with Gasteiger partial charge in [0.25, 0.3) is 0 Å². The van der Waals surface area contributed by atoms with Gasteiger partial charge in [-0.3, -0.25) is 0 Å². The average Bonchev–Trinajstić information content (AvgIpc) is 2.77. The lowest BCUT2D eigenvalue weighted by Gasteiger charge is -2.01. The van der Waals surface area contributed by atoms with Gasteiger partial charge in [-0.05, 0) is 29.5 Å². The lowest BCUT2D eigenvalue weighted by atomic mass is 10.0. The van der Waals surface area contributed by atoms with Crippen LogP contribution in [-0.4, -0.2) is 5.88 Å². The summed E-state index contributed by atoms with van der Waals surface area (Å²) in [5.74, 6) is 1.33. The van der Waals surface area contributed by atoms with E-state index in [2.05, 4.69) is 60.7 Å². The van der Waals surface area contributed by atoms with Crippen molar-refractivity contribution in [2.45, 2.75) is 54.3 Å². The number of rotatable bonds is 4. The monoisotopic (exact) mass is 434 g/mol. The molecule has 0 fully saturated rings. The maximum atomic E-state index is 5.53. The normalized spacial score (nSPS) is 8.17. The van der Waals surface area contributed by atoms with Crippen molar-refractivity contribution in [1.29, 1.82) is 0 Å². The number of hydrogen-bond acceptors (Lipinski definition) is 0. The zero-order valence-electron chi connectivity index (χ0n) is 16.7. The van der Waals surface area contributed by atoms with Crippen molar-refractivity contribution in [3.05, 3.63) is 108 Å². The van der Waals surface area contributed by atoms with Crippen LogP contribution in [0.2, 0.25) is 0 Å². The van der Waals surface area contributed by atoms with E-state index in [9.17, 15) is 0 Å². The van der Waals surface area contributed by atoms with Crippen LogP contribution in [0.25, 0.3) is 0 Å². The van der Waals surface area contributed by atoms with Gasteiger partial charge in [-0.15, -0.1) is 23.2 Å². The Bertz CT molecular complexity index is 598. The summed E-state index contributed by atoms with van der Waals surface area (Å²) in [6, 6.07) is 31.2. The van der Waals surface area contributed by atoms with Crippen LogP contribution < -0.4 is 0 Å². The number of benzene rings is 3. The molecule has 0 aromatic heterocycles. The fraction of sp³-hybridized carbons (Fsp3) is 0.333. The van der Waals surface area contributed by atoms with E-state index in [0.717, 1.165) is 18.7 Å². The Morgan fingerprint density at radius 1 is 0.517 bits per heavy atom.